The predicted octanol–water partition coefficient (Wildman–Crippen LogP) is 0.517. The van der Waals surface area contributed by atoms with Gasteiger partial charge in [-0.05, 0) is 12.8 Å². The van der Waals surface area contributed by atoms with Crippen molar-refractivity contribution in [2.75, 3.05) is 25.6 Å². The Balaban J connectivity index is 1.97. The summed E-state index contributed by atoms with van der Waals surface area (Å²) in [5.41, 5.74) is 5.95. The number of anilines is 1. The molecule has 122 valence electrons. The van der Waals surface area contributed by atoms with E-state index in [-0.39, 0.29) is 29.5 Å². The maximum atomic E-state index is 11.7. The summed E-state index contributed by atoms with van der Waals surface area (Å²) in [6.45, 7) is 4.01. The number of aromatic amines is 1. The minimum Gasteiger partial charge on any atom is -0.396 e. The van der Waals surface area contributed by atoms with Gasteiger partial charge in [0.15, 0.2) is 11.2 Å². The SMILES string of the molecule is CCCCOCC(CO)CCn1cnc2c(=O)[nH]c(N)nc21. The van der Waals surface area contributed by atoms with Gasteiger partial charge in [0.05, 0.1) is 12.9 Å². The van der Waals surface area contributed by atoms with Crippen LogP contribution in [0.2, 0.25) is 0 Å². The summed E-state index contributed by atoms with van der Waals surface area (Å²) in [4.78, 5) is 22.3. The molecule has 0 saturated heterocycles. The minimum absolute atomic E-state index is 0.0497. The molecule has 0 fully saturated rings. The maximum absolute atomic E-state index is 11.7. The van der Waals surface area contributed by atoms with E-state index in [1.807, 2.05) is 0 Å². The van der Waals surface area contributed by atoms with Crippen LogP contribution >= 0.6 is 0 Å². The smallest absolute Gasteiger partial charge is 0.280 e. The Morgan fingerprint density at radius 2 is 2.36 bits per heavy atom. The third-order valence-electron chi connectivity index (χ3n) is 3.53. The summed E-state index contributed by atoms with van der Waals surface area (Å²) in [7, 11) is 0. The van der Waals surface area contributed by atoms with Crippen LogP contribution in [0.15, 0.2) is 11.1 Å². The highest BCUT2D eigenvalue weighted by Gasteiger charge is 2.12. The molecule has 1 unspecified atom stereocenters. The molecule has 0 bridgehead atoms. The van der Waals surface area contributed by atoms with Crippen molar-refractivity contribution in [1.82, 2.24) is 19.5 Å². The summed E-state index contributed by atoms with van der Waals surface area (Å²) in [5, 5.41) is 9.42. The van der Waals surface area contributed by atoms with Crippen LogP contribution in [0.25, 0.3) is 11.2 Å². The normalized spacial score (nSPS) is 12.8. The number of nitrogens with zero attached hydrogens (tertiary/aromatic N) is 3. The predicted molar refractivity (Wildman–Crippen MR) is 83.5 cm³/mol. The zero-order valence-corrected chi connectivity index (χ0v) is 12.8. The van der Waals surface area contributed by atoms with Gasteiger partial charge in [-0.2, -0.15) is 4.98 Å². The molecule has 8 heteroatoms. The van der Waals surface area contributed by atoms with E-state index in [4.69, 9.17) is 10.5 Å². The molecule has 2 aromatic heterocycles. The highest BCUT2D eigenvalue weighted by Crippen LogP contribution is 2.11. The van der Waals surface area contributed by atoms with E-state index >= 15 is 0 Å². The molecule has 0 aliphatic carbocycles. The number of aliphatic hydroxyl groups is 1. The molecule has 4 N–H and O–H groups in total. The van der Waals surface area contributed by atoms with Crippen LogP contribution in [-0.2, 0) is 11.3 Å². The van der Waals surface area contributed by atoms with Gasteiger partial charge < -0.3 is 20.1 Å². The topological polar surface area (TPSA) is 119 Å². The van der Waals surface area contributed by atoms with Crippen molar-refractivity contribution < 1.29 is 9.84 Å². The molecule has 0 radical (unpaired) electrons. The zero-order chi connectivity index (χ0) is 15.9. The molecule has 0 aliphatic heterocycles. The number of nitrogen functional groups attached to an aromatic ring is 1. The van der Waals surface area contributed by atoms with Gasteiger partial charge in [0.2, 0.25) is 5.95 Å². The lowest BCUT2D eigenvalue weighted by molar-refractivity contribution is 0.0662. The van der Waals surface area contributed by atoms with Crippen LogP contribution in [0.4, 0.5) is 5.95 Å². The van der Waals surface area contributed by atoms with Crippen molar-refractivity contribution in [3.63, 3.8) is 0 Å². The van der Waals surface area contributed by atoms with Gasteiger partial charge >= 0.3 is 0 Å². The zero-order valence-electron chi connectivity index (χ0n) is 12.8. The van der Waals surface area contributed by atoms with Crippen LogP contribution in [-0.4, -0.2) is 44.4 Å². The highest BCUT2D eigenvalue weighted by molar-refractivity contribution is 5.70. The lowest BCUT2D eigenvalue weighted by Crippen LogP contribution is -2.17. The molecular formula is C14H23N5O3. The van der Waals surface area contributed by atoms with E-state index < -0.39 is 0 Å². The quantitative estimate of drug-likeness (QED) is 0.581. The monoisotopic (exact) mass is 309 g/mol. The van der Waals surface area contributed by atoms with E-state index in [1.54, 1.807) is 10.9 Å². The molecule has 1 atom stereocenters. The standard InChI is InChI=1S/C14H23N5O3/c1-2-3-6-22-8-10(7-20)4-5-19-9-16-11-12(19)17-14(15)18-13(11)21/h9-10,20H,2-8H2,1H3,(H3,15,17,18,21). The number of H-pyrrole nitrogens is 1. The van der Waals surface area contributed by atoms with Gasteiger partial charge in [-0.3, -0.25) is 9.78 Å². The number of nitrogens with one attached hydrogen (secondary N) is 1. The lowest BCUT2D eigenvalue weighted by atomic mass is 10.1. The van der Waals surface area contributed by atoms with Crippen molar-refractivity contribution in [2.45, 2.75) is 32.7 Å². The Morgan fingerprint density at radius 3 is 3.09 bits per heavy atom. The van der Waals surface area contributed by atoms with E-state index in [9.17, 15) is 9.90 Å². The summed E-state index contributed by atoms with van der Waals surface area (Å²) < 4.78 is 7.32. The second-order valence-electron chi connectivity index (χ2n) is 5.33. The fraction of sp³-hybridized carbons (Fsp3) is 0.643. The van der Waals surface area contributed by atoms with Crippen molar-refractivity contribution in [3.05, 3.63) is 16.7 Å². The first kappa shape index (κ1) is 16.4. The third kappa shape index (κ3) is 4.05. The summed E-state index contributed by atoms with van der Waals surface area (Å²) in [6, 6.07) is 0. The minimum atomic E-state index is -0.345. The number of aryl methyl sites for hydroxylation is 1. The number of nitrogens with two attached hydrogens (primary N) is 1. The molecular weight excluding hydrogens is 286 g/mol. The van der Waals surface area contributed by atoms with E-state index in [0.717, 1.165) is 12.8 Å². The number of unbranched alkanes of at least 4 members (excludes halogenated alkanes) is 1. The highest BCUT2D eigenvalue weighted by atomic mass is 16.5. The number of hydrogen-bond donors (Lipinski definition) is 3. The average molecular weight is 309 g/mol. The van der Waals surface area contributed by atoms with Gasteiger partial charge in [-0.25, -0.2) is 4.98 Å². The molecule has 0 aromatic carbocycles. The van der Waals surface area contributed by atoms with Gasteiger partial charge in [0.1, 0.15) is 0 Å². The Hall–Kier alpha value is -1.93. The number of hydrogen-bond acceptors (Lipinski definition) is 6. The number of aliphatic hydroxyl groups excluding tert-OH is 1. The molecule has 2 aromatic rings. The number of rotatable bonds is 9. The molecule has 2 rings (SSSR count). The fourth-order valence-corrected chi connectivity index (χ4v) is 2.18. The van der Waals surface area contributed by atoms with Gasteiger partial charge in [0, 0.05) is 25.7 Å². The molecule has 0 saturated carbocycles. The number of fused-ring (bicyclic) bond motifs is 1. The van der Waals surface area contributed by atoms with Crippen molar-refractivity contribution in [3.8, 4) is 0 Å². The van der Waals surface area contributed by atoms with Gasteiger partial charge in [-0.1, -0.05) is 13.3 Å². The maximum Gasteiger partial charge on any atom is 0.280 e. The number of imidazole rings is 1. The summed E-state index contributed by atoms with van der Waals surface area (Å²) in [6.07, 6.45) is 4.39. The first-order valence-electron chi connectivity index (χ1n) is 7.55. The first-order chi connectivity index (χ1) is 10.7. The number of ether oxygens (including phenoxy) is 1. The Labute approximate surface area is 128 Å². The summed E-state index contributed by atoms with van der Waals surface area (Å²) in [5.74, 6) is 0.120. The third-order valence-corrected chi connectivity index (χ3v) is 3.53. The molecule has 8 nitrogen and oxygen atoms in total. The van der Waals surface area contributed by atoms with Crippen molar-refractivity contribution in [2.24, 2.45) is 5.92 Å². The van der Waals surface area contributed by atoms with Gasteiger partial charge in [-0.15, -0.1) is 0 Å². The Kier molecular flexibility index (Phi) is 5.91. The molecule has 0 spiro atoms. The Bertz CT molecular complexity index is 651. The summed E-state index contributed by atoms with van der Waals surface area (Å²) >= 11 is 0. The Morgan fingerprint density at radius 1 is 1.55 bits per heavy atom. The van der Waals surface area contributed by atoms with Crippen LogP contribution in [0, 0.1) is 5.92 Å². The largest absolute Gasteiger partial charge is 0.396 e. The van der Waals surface area contributed by atoms with E-state index in [0.29, 0.717) is 31.8 Å². The van der Waals surface area contributed by atoms with Crippen LogP contribution in [0.1, 0.15) is 26.2 Å². The number of aromatic nitrogens is 4. The molecule has 2 heterocycles. The molecule has 22 heavy (non-hydrogen) atoms. The second kappa shape index (κ2) is 7.90. The van der Waals surface area contributed by atoms with E-state index in [2.05, 4.69) is 21.9 Å². The fourth-order valence-electron chi connectivity index (χ4n) is 2.18. The molecule has 0 aliphatic rings. The lowest BCUT2D eigenvalue weighted by Gasteiger charge is -2.14. The van der Waals surface area contributed by atoms with Gasteiger partial charge in [0.25, 0.3) is 5.56 Å². The van der Waals surface area contributed by atoms with Crippen LogP contribution in [0.3, 0.4) is 0 Å². The van der Waals surface area contributed by atoms with Crippen molar-refractivity contribution in [1.29, 1.82) is 0 Å². The van der Waals surface area contributed by atoms with E-state index in [1.165, 1.54) is 0 Å². The van der Waals surface area contributed by atoms with Crippen LogP contribution < -0.4 is 11.3 Å². The first-order valence-corrected chi connectivity index (χ1v) is 7.55. The van der Waals surface area contributed by atoms with Crippen molar-refractivity contribution >= 4 is 17.1 Å². The second-order valence-corrected chi connectivity index (χ2v) is 5.33. The molecule has 0 amide bonds. The van der Waals surface area contributed by atoms with Crippen LogP contribution in [0.5, 0.6) is 0 Å². The average Bonchev–Trinajstić information content (AvgIpc) is 2.90.